The Balaban J connectivity index is 0.995. The van der Waals surface area contributed by atoms with Gasteiger partial charge in [0.15, 0.2) is 17.1 Å². The second kappa shape index (κ2) is 17.9. The fourth-order valence-corrected chi connectivity index (χ4v) is 16.3. The second-order valence-corrected chi connectivity index (χ2v) is 23.6. The molecule has 0 spiro atoms. The van der Waals surface area contributed by atoms with Crippen molar-refractivity contribution in [2.24, 2.45) is 0 Å². The Kier molecular flexibility index (Phi) is 10.4. The number of benzene rings is 11. The standard InChI is InChI=1S/C72H50N4S/c1-46-31-38-58-62(41-46)63-42-47(2)32-39-59(63)68(58)49-35-40-67-64(43-49)66-45-50-44-65(69(66)76(67)51-19-7-3-8-20-51)57-28-16-18-30-61(57)72-74-70(73-71(75-72)60-29-17-15-27-56(50)60)48-33-36-55(37-34-48)77(52-21-9-4-10-22-52,53-23-11-5-12-24-53)54-25-13-6-14-26-54/h3-45,68H,1-2H3. The Labute approximate surface area is 448 Å². The van der Waals surface area contributed by atoms with E-state index in [2.05, 4.69) is 279 Å². The molecule has 14 aromatic rings. The third kappa shape index (κ3) is 7.11. The van der Waals surface area contributed by atoms with Crippen LogP contribution in [0.3, 0.4) is 0 Å². The van der Waals surface area contributed by atoms with Crippen LogP contribution in [0.15, 0.2) is 280 Å². The predicted molar refractivity (Wildman–Crippen MR) is 321 cm³/mol. The number of aromatic nitrogens is 4. The summed E-state index contributed by atoms with van der Waals surface area (Å²) >= 11 is 0. The van der Waals surface area contributed by atoms with E-state index in [1.165, 1.54) is 69.3 Å². The number of fused-ring (bicyclic) bond motifs is 17. The maximum Gasteiger partial charge on any atom is 0.164 e. The van der Waals surface area contributed by atoms with Crippen LogP contribution in [0.2, 0.25) is 0 Å². The highest BCUT2D eigenvalue weighted by Crippen LogP contribution is 2.73. The van der Waals surface area contributed by atoms with Crippen molar-refractivity contribution in [3.63, 3.8) is 0 Å². The molecule has 11 aromatic carbocycles. The summed E-state index contributed by atoms with van der Waals surface area (Å²) in [6.45, 7) is 4.40. The molecule has 1 aliphatic rings. The maximum atomic E-state index is 5.45. The fraction of sp³-hybridized carbons (Fsp3) is 0.0417. The van der Waals surface area contributed by atoms with E-state index in [4.69, 9.17) is 15.0 Å². The lowest BCUT2D eigenvalue weighted by atomic mass is 9.88. The normalized spacial score (nSPS) is 12.7. The van der Waals surface area contributed by atoms with Crippen molar-refractivity contribution in [1.82, 2.24) is 19.5 Å². The van der Waals surface area contributed by atoms with E-state index in [-0.39, 0.29) is 5.92 Å². The van der Waals surface area contributed by atoms with Gasteiger partial charge in [-0.3, -0.25) is 0 Å². The van der Waals surface area contributed by atoms with Gasteiger partial charge < -0.3 is 4.57 Å². The van der Waals surface area contributed by atoms with Crippen molar-refractivity contribution in [2.75, 3.05) is 0 Å². The Morgan fingerprint density at radius 1 is 0.364 bits per heavy atom. The molecule has 0 radical (unpaired) electrons. The van der Waals surface area contributed by atoms with Crippen LogP contribution in [-0.2, 0) is 0 Å². The molecule has 0 saturated carbocycles. The Morgan fingerprint density at radius 2 is 0.831 bits per heavy atom. The minimum Gasteiger partial charge on any atom is -0.309 e. The molecular formula is C72H50N4S. The van der Waals surface area contributed by atoms with Crippen molar-refractivity contribution >= 4 is 75.4 Å². The van der Waals surface area contributed by atoms with Gasteiger partial charge in [-0.1, -0.05) is 187 Å². The van der Waals surface area contributed by atoms with E-state index < -0.39 is 10.0 Å². The molecule has 4 bridgehead atoms. The van der Waals surface area contributed by atoms with Crippen LogP contribution in [0, 0.1) is 13.8 Å². The summed E-state index contributed by atoms with van der Waals surface area (Å²) in [6, 6.07) is 96.1. The van der Waals surface area contributed by atoms with Gasteiger partial charge in [-0.05, 0) is 143 Å². The van der Waals surface area contributed by atoms with Gasteiger partial charge >= 0.3 is 0 Å². The summed E-state index contributed by atoms with van der Waals surface area (Å²) in [5.41, 5.74) is 14.8. The molecule has 1 aliphatic carbocycles. The van der Waals surface area contributed by atoms with Crippen LogP contribution in [0.25, 0.3) is 93.6 Å². The average molecular weight is 1000 g/mol. The molecule has 0 saturated heterocycles. The molecule has 3 aromatic heterocycles. The van der Waals surface area contributed by atoms with Crippen LogP contribution in [0.4, 0.5) is 0 Å². The Hall–Kier alpha value is -9.42. The summed E-state index contributed by atoms with van der Waals surface area (Å²) in [4.78, 5) is 21.3. The first-order chi connectivity index (χ1) is 38.0. The lowest BCUT2D eigenvalue weighted by molar-refractivity contribution is 1.02. The minimum absolute atomic E-state index is 0.106. The number of hydrogen-bond acceptors (Lipinski definition) is 3. The molecule has 4 nitrogen and oxygen atoms in total. The quantitative estimate of drug-likeness (QED) is 0.160. The van der Waals surface area contributed by atoms with E-state index in [1.807, 2.05) is 0 Å². The summed E-state index contributed by atoms with van der Waals surface area (Å²) in [7, 11) is -1.89. The highest BCUT2D eigenvalue weighted by Gasteiger charge is 2.34. The lowest BCUT2D eigenvalue weighted by Gasteiger charge is -2.42. The molecule has 364 valence electrons. The number of nitrogens with zero attached hydrogens (tertiary/aromatic N) is 4. The predicted octanol–water partition coefficient (Wildman–Crippen LogP) is 18.9. The van der Waals surface area contributed by atoms with Crippen LogP contribution < -0.4 is 0 Å². The zero-order valence-corrected chi connectivity index (χ0v) is 43.4. The first-order valence-corrected chi connectivity index (χ1v) is 28.1. The van der Waals surface area contributed by atoms with Crippen LogP contribution >= 0.6 is 10.0 Å². The van der Waals surface area contributed by atoms with Gasteiger partial charge in [-0.15, -0.1) is 10.0 Å². The molecule has 3 heterocycles. The van der Waals surface area contributed by atoms with Gasteiger partial charge in [0, 0.05) is 63.7 Å². The highest BCUT2D eigenvalue weighted by molar-refractivity contribution is 8.34. The van der Waals surface area contributed by atoms with Gasteiger partial charge in [0.05, 0.1) is 11.0 Å². The van der Waals surface area contributed by atoms with Gasteiger partial charge in [0.1, 0.15) is 0 Å². The van der Waals surface area contributed by atoms with E-state index in [0.717, 1.165) is 54.6 Å². The van der Waals surface area contributed by atoms with Gasteiger partial charge in [0.25, 0.3) is 0 Å². The molecular weight excluding hydrogens is 953 g/mol. The van der Waals surface area contributed by atoms with Gasteiger partial charge in [0.2, 0.25) is 0 Å². The smallest absolute Gasteiger partial charge is 0.164 e. The minimum atomic E-state index is -1.89. The molecule has 0 N–H and O–H groups in total. The first-order valence-electron chi connectivity index (χ1n) is 26.4. The molecule has 15 rings (SSSR count). The Bertz CT molecular complexity index is 4540. The summed E-state index contributed by atoms with van der Waals surface area (Å²) in [5.74, 6) is 0.732. The molecule has 0 amide bonds. The van der Waals surface area contributed by atoms with Crippen molar-refractivity contribution in [3.05, 3.63) is 289 Å². The molecule has 77 heavy (non-hydrogen) atoms. The van der Waals surface area contributed by atoms with E-state index in [0.29, 0.717) is 17.1 Å². The van der Waals surface area contributed by atoms with Crippen molar-refractivity contribution in [2.45, 2.75) is 39.3 Å². The number of hydrogen-bond donors (Lipinski definition) is 0. The van der Waals surface area contributed by atoms with Crippen molar-refractivity contribution in [3.8, 4) is 28.2 Å². The second-order valence-electron chi connectivity index (χ2n) is 20.5. The van der Waals surface area contributed by atoms with E-state index in [1.54, 1.807) is 0 Å². The number of para-hydroxylation sites is 1. The van der Waals surface area contributed by atoms with Gasteiger partial charge in [-0.25, -0.2) is 15.0 Å². The monoisotopic (exact) mass is 1000 g/mol. The summed E-state index contributed by atoms with van der Waals surface area (Å²) < 4.78 is 2.47. The van der Waals surface area contributed by atoms with Crippen LogP contribution in [0.5, 0.6) is 0 Å². The topological polar surface area (TPSA) is 43.6 Å². The Morgan fingerprint density at radius 3 is 1.39 bits per heavy atom. The van der Waals surface area contributed by atoms with Crippen LogP contribution in [0.1, 0.15) is 33.7 Å². The zero-order chi connectivity index (χ0) is 51.2. The molecule has 0 unspecified atom stereocenters. The third-order valence-corrected chi connectivity index (χ3v) is 19.8. The maximum absolute atomic E-state index is 5.45. The van der Waals surface area contributed by atoms with Gasteiger partial charge in [-0.2, -0.15) is 0 Å². The molecule has 5 heteroatoms. The largest absolute Gasteiger partial charge is 0.309 e. The van der Waals surface area contributed by atoms with E-state index >= 15 is 0 Å². The van der Waals surface area contributed by atoms with Crippen LogP contribution in [-0.4, -0.2) is 19.5 Å². The SMILES string of the molecule is Cc1ccc2c(c1)-c1cc(C)ccc1C2c1ccc2c(c1)c1cc3cc(c4ccccc4c4nc(-c5ccc(S(c6ccccc6)(c6ccccc6)c6ccccc6)cc5)nc(n4)c4ccccc34)c1n2-c1ccccc1. The van der Waals surface area contributed by atoms with Crippen molar-refractivity contribution in [1.29, 1.82) is 0 Å². The fourth-order valence-electron chi connectivity index (χ4n) is 12.5. The average Bonchev–Trinajstić information content (AvgIpc) is 4.00. The summed E-state index contributed by atoms with van der Waals surface area (Å²) in [6.07, 6.45) is 0. The zero-order valence-electron chi connectivity index (χ0n) is 42.6. The number of aryl methyl sites for hydroxylation is 2. The lowest BCUT2D eigenvalue weighted by Crippen LogP contribution is -2.05. The summed E-state index contributed by atoms with van der Waals surface area (Å²) in [5, 5.41) is 8.65. The first kappa shape index (κ1) is 45.0. The van der Waals surface area contributed by atoms with Crippen molar-refractivity contribution < 1.29 is 0 Å². The molecule has 0 atom stereocenters. The molecule has 0 aliphatic heterocycles. The molecule has 0 fully saturated rings. The highest BCUT2D eigenvalue weighted by atomic mass is 32.3. The number of rotatable bonds is 7. The third-order valence-electron chi connectivity index (χ3n) is 15.9. The van der Waals surface area contributed by atoms with E-state index in [9.17, 15) is 0 Å².